The molecule has 0 atom stereocenters. The van der Waals surface area contributed by atoms with E-state index in [0.717, 1.165) is 10.8 Å². The second-order valence-corrected chi connectivity index (χ2v) is 4.46. The lowest BCUT2D eigenvalue weighted by molar-refractivity contribution is 0.684. The van der Waals surface area contributed by atoms with E-state index in [1.807, 2.05) is 17.6 Å². The molecule has 3 aromatic heterocycles. The van der Waals surface area contributed by atoms with Crippen LogP contribution < -0.4 is 11.3 Å². The summed E-state index contributed by atoms with van der Waals surface area (Å²) in [5, 5.41) is 5.46. The van der Waals surface area contributed by atoms with E-state index in [1.54, 1.807) is 17.1 Å². The van der Waals surface area contributed by atoms with Crippen LogP contribution in [-0.2, 0) is 7.05 Å². The molecule has 0 aliphatic rings. The Kier molecular flexibility index (Phi) is 2.61. The molecular formula is C9H10N8S. The van der Waals surface area contributed by atoms with E-state index in [4.69, 9.17) is 5.84 Å². The van der Waals surface area contributed by atoms with E-state index in [1.165, 1.54) is 18.1 Å². The van der Waals surface area contributed by atoms with Crippen molar-refractivity contribution in [1.29, 1.82) is 0 Å². The highest BCUT2D eigenvalue weighted by atomic mass is 32.2. The van der Waals surface area contributed by atoms with Crippen molar-refractivity contribution in [1.82, 2.24) is 29.1 Å². The highest BCUT2D eigenvalue weighted by molar-refractivity contribution is 7.99. The first-order chi connectivity index (χ1) is 8.78. The van der Waals surface area contributed by atoms with Gasteiger partial charge < -0.3 is 9.83 Å². The Bertz CT molecular complexity index is 687. The Hall–Kier alpha value is -2.13. The molecule has 0 bridgehead atoms. The number of imidazole rings is 1. The van der Waals surface area contributed by atoms with Crippen molar-refractivity contribution in [3.05, 3.63) is 24.9 Å². The summed E-state index contributed by atoms with van der Waals surface area (Å²) >= 11 is 1.38. The zero-order valence-electron chi connectivity index (χ0n) is 9.48. The van der Waals surface area contributed by atoms with Gasteiger partial charge in [0, 0.05) is 19.4 Å². The second kappa shape index (κ2) is 4.27. The molecule has 3 rings (SSSR count). The van der Waals surface area contributed by atoms with Gasteiger partial charge in [0.1, 0.15) is 11.4 Å². The quantitative estimate of drug-likeness (QED) is 0.517. The van der Waals surface area contributed by atoms with Crippen LogP contribution in [0.5, 0.6) is 0 Å². The number of anilines is 1. The molecule has 3 N–H and O–H groups in total. The lowest BCUT2D eigenvalue weighted by Gasteiger charge is -2.05. The summed E-state index contributed by atoms with van der Waals surface area (Å²) in [4.78, 5) is 12.8. The highest BCUT2D eigenvalue weighted by Gasteiger charge is 2.11. The van der Waals surface area contributed by atoms with Crippen LogP contribution in [0.25, 0.3) is 5.65 Å². The van der Waals surface area contributed by atoms with Gasteiger partial charge in [-0.15, -0.1) is 0 Å². The molecule has 18 heavy (non-hydrogen) atoms. The van der Waals surface area contributed by atoms with Gasteiger partial charge in [0.2, 0.25) is 0 Å². The maximum atomic E-state index is 5.39. The molecule has 0 unspecified atom stereocenters. The second-order valence-electron chi connectivity index (χ2n) is 3.50. The smallest absolute Gasteiger partial charge is 0.192 e. The summed E-state index contributed by atoms with van der Waals surface area (Å²) in [5.74, 6) is 5.95. The third-order valence-electron chi connectivity index (χ3n) is 2.35. The standard InChI is InChI=1S/C9H10N8S/c1-16-9(12-5-13-16)18-8-7-11-2-3-17(7)4-6(14-8)15-10/h2-5,15H,10H2,1H3. The number of nitrogens with one attached hydrogen (secondary N) is 1. The van der Waals surface area contributed by atoms with Crippen LogP contribution in [0.2, 0.25) is 0 Å². The molecule has 0 saturated carbocycles. The van der Waals surface area contributed by atoms with Gasteiger partial charge in [0.25, 0.3) is 0 Å². The Morgan fingerprint density at radius 1 is 1.39 bits per heavy atom. The van der Waals surface area contributed by atoms with E-state index < -0.39 is 0 Å². The number of nitrogens with two attached hydrogens (primary N) is 1. The van der Waals surface area contributed by atoms with Gasteiger partial charge in [-0.1, -0.05) is 0 Å². The summed E-state index contributed by atoms with van der Waals surface area (Å²) in [6, 6.07) is 0. The van der Waals surface area contributed by atoms with Gasteiger partial charge in [0.15, 0.2) is 16.6 Å². The molecule has 0 aliphatic heterocycles. The number of hydrogen-bond donors (Lipinski definition) is 2. The fourth-order valence-electron chi connectivity index (χ4n) is 1.51. The monoisotopic (exact) mass is 262 g/mol. The van der Waals surface area contributed by atoms with Crippen LogP contribution in [0.3, 0.4) is 0 Å². The van der Waals surface area contributed by atoms with Crippen LogP contribution in [0, 0.1) is 0 Å². The number of aryl methyl sites for hydroxylation is 1. The minimum absolute atomic E-state index is 0.560. The molecule has 92 valence electrons. The number of aromatic nitrogens is 6. The van der Waals surface area contributed by atoms with Gasteiger partial charge in [-0.05, 0) is 11.8 Å². The average Bonchev–Trinajstić information content (AvgIpc) is 2.98. The summed E-state index contributed by atoms with van der Waals surface area (Å²) in [6.07, 6.45) is 6.80. The summed E-state index contributed by atoms with van der Waals surface area (Å²) < 4.78 is 3.52. The molecular weight excluding hydrogens is 252 g/mol. The topological polar surface area (TPSA) is 99.0 Å². The van der Waals surface area contributed by atoms with Crippen molar-refractivity contribution in [3.8, 4) is 0 Å². The SMILES string of the molecule is Cn1ncnc1Sc1nc(NN)cn2ccnc12. The zero-order valence-corrected chi connectivity index (χ0v) is 10.3. The molecule has 0 saturated heterocycles. The molecule has 0 spiro atoms. The molecule has 3 aromatic rings. The lowest BCUT2D eigenvalue weighted by Crippen LogP contribution is -2.10. The molecule has 0 aliphatic carbocycles. The maximum absolute atomic E-state index is 5.39. The van der Waals surface area contributed by atoms with Crippen molar-refractivity contribution in [2.75, 3.05) is 5.43 Å². The fourth-order valence-corrected chi connectivity index (χ4v) is 2.35. The number of hydrogen-bond acceptors (Lipinski definition) is 7. The minimum Gasteiger partial charge on any atom is -0.307 e. The van der Waals surface area contributed by atoms with Crippen LogP contribution >= 0.6 is 11.8 Å². The molecule has 8 nitrogen and oxygen atoms in total. The first-order valence-electron chi connectivity index (χ1n) is 5.10. The van der Waals surface area contributed by atoms with Crippen molar-refractivity contribution in [2.45, 2.75) is 10.2 Å². The first kappa shape index (κ1) is 11.0. The van der Waals surface area contributed by atoms with Crippen molar-refractivity contribution in [2.24, 2.45) is 12.9 Å². The summed E-state index contributed by atoms with van der Waals surface area (Å²) in [5.41, 5.74) is 3.28. The van der Waals surface area contributed by atoms with Crippen LogP contribution in [0.15, 0.2) is 35.1 Å². The van der Waals surface area contributed by atoms with Gasteiger partial charge >= 0.3 is 0 Å². The lowest BCUT2D eigenvalue weighted by atomic mass is 10.6. The van der Waals surface area contributed by atoms with E-state index in [0.29, 0.717) is 10.8 Å². The summed E-state index contributed by atoms with van der Waals surface area (Å²) in [7, 11) is 1.82. The number of nitrogens with zero attached hydrogens (tertiary/aromatic N) is 6. The highest BCUT2D eigenvalue weighted by Crippen LogP contribution is 2.27. The number of nitrogen functional groups attached to an aromatic ring is 1. The largest absolute Gasteiger partial charge is 0.307 e. The van der Waals surface area contributed by atoms with Crippen molar-refractivity contribution >= 4 is 23.2 Å². The van der Waals surface area contributed by atoms with Gasteiger partial charge in [-0.3, -0.25) is 0 Å². The first-order valence-corrected chi connectivity index (χ1v) is 5.92. The Labute approximate surface area is 106 Å². The maximum Gasteiger partial charge on any atom is 0.192 e. The summed E-state index contributed by atoms with van der Waals surface area (Å²) in [6.45, 7) is 0. The van der Waals surface area contributed by atoms with Crippen molar-refractivity contribution < 1.29 is 0 Å². The minimum atomic E-state index is 0.560. The molecule has 3 heterocycles. The third-order valence-corrected chi connectivity index (χ3v) is 3.37. The normalized spacial score (nSPS) is 11.0. The predicted octanol–water partition coefficient (Wildman–Crippen LogP) is 0.295. The number of fused-ring (bicyclic) bond motifs is 1. The predicted molar refractivity (Wildman–Crippen MR) is 65.9 cm³/mol. The Morgan fingerprint density at radius 2 is 2.28 bits per heavy atom. The molecule has 0 aromatic carbocycles. The average molecular weight is 262 g/mol. The molecule has 0 radical (unpaired) electrons. The van der Waals surface area contributed by atoms with Crippen molar-refractivity contribution in [3.63, 3.8) is 0 Å². The molecule has 0 fully saturated rings. The van der Waals surface area contributed by atoms with E-state index >= 15 is 0 Å². The molecule has 0 amide bonds. The van der Waals surface area contributed by atoms with Crippen LogP contribution in [0.1, 0.15) is 0 Å². The van der Waals surface area contributed by atoms with E-state index in [9.17, 15) is 0 Å². The van der Waals surface area contributed by atoms with Gasteiger partial charge in [-0.2, -0.15) is 5.10 Å². The zero-order chi connectivity index (χ0) is 12.5. The molecule has 9 heteroatoms. The van der Waals surface area contributed by atoms with E-state index in [2.05, 4.69) is 25.5 Å². The van der Waals surface area contributed by atoms with Crippen LogP contribution in [0.4, 0.5) is 5.82 Å². The van der Waals surface area contributed by atoms with Gasteiger partial charge in [-0.25, -0.2) is 25.5 Å². The fraction of sp³-hybridized carbons (Fsp3) is 0.111. The Morgan fingerprint density at radius 3 is 3.00 bits per heavy atom. The third kappa shape index (κ3) is 1.79. The number of rotatable bonds is 3. The van der Waals surface area contributed by atoms with E-state index in [-0.39, 0.29) is 0 Å². The number of hydrazine groups is 1. The van der Waals surface area contributed by atoms with Crippen LogP contribution in [-0.4, -0.2) is 29.1 Å². The van der Waals surface area contributed by atoms with Gasteiger partial charge in [0.05, 0.1) is 6.20 Å². The Balaban J connectivity index is 2.10.